The molecule has 0 spiro atoms. The molecule has 2 saturated carbocycles. The quantitative estimate of drug-likeness (QED) is 0.850. The summed E-state index contributed by atoms with van der Waals surface area (Å²) in [7, 11) is 0. The van der Waals surface area contributed by atoms with Crippen molar-refractivity contribution in [3.8, 4) is 0 Å². The van der Waals surface area contributed by atoms with Gasteiger partial charge in [-0.1, -0.05) is 36.9 Å². The second kappa shape index (κ2) is 6.37. The van der Waals surface area contributed by atoms with Crippen LogP contribution in [-0.2, 0) is 0 Å². The van der Waals surface area contributed by atoms with E-state index in [1.54, 1.807) is 5.54 Å². The molecule has 2 atom stereocenters. The lowest BCUT2D eigenvalue weighted by molar-refractivity contribution is 0.0428. The van der Waals surface area contributed by atoms with E-state index in [4.69, 9.17) is 11.6 Å². The zero-order valence-corrected chi connectivity index (χ0v) is 13.5. The fraction of sp³-hybridized carbons (Fsp3) is 0.882. The Bertz CT molecular complexity index is 347. The van der Waals surface area contributed by atoms with E-state index < -0.39 is 0 Å². The Balaban J connectivity index is 1.68. The zero-order chi connectivity index (χ0) is 14.0. The lowest BCUT2D eigenvalue weighted by Crippen LogP contribution is -2.65. The molecule has 2 unspecified atom stereocenters. The number of piperazine rings is 1. The third kappa shape index (κ3) is 3.23. The minimum absolute atomic E-state index is 0.339. The third-order valence-corrected chi connectivity index (χ3v) is 6.00. The zero-order valence-electron chi connectivity index (χ0n) is 12.8. The predicted molar refractivity (Wildman–Crippen MR) is 86.1 cm³/mol. The van der Waals surface area contributed by atoms with E-state index >= 15 is 0 Å². The van der Waals surface area contributed by atoms with Crippen LogP contribution in [0.5, 0.6) is 0 Å². The topological polar surface area (TPSA) is 15.3 Å². The van der Waals surface area contributed by atoms with Gasteiger partial charge in [0.2, 0.25) is 0 Å². The average molecular weight is 297 g/mol. The normalized spacial score (nSPS) is 37.6. The van der Waals surface area contributed by atoms with Crippen molar-refractivity contribution in [2.75, 3.05) is 19.6 Å². The van der Waals surface area contributed by atoms with Crippen molar-refractivity contribution in [2.24, 2.45) is 11.8 Å². The molecule has 1 heterocycles. The van der Waals surface area contributed by atoms with Crippen molar-refractivity contribution in [1.82, 2.24) is 10.2 Å². The summed E-state index contributed by atoms with van der Waals surface area (Å²) in [5, 5.41) is 3.91. The van der Waals surface area contributed by atoms with Crippen LogP contribution in [0.3, 0.4) is 0 Å². The Kier molecular flexibility index (Phi) is 4.74. The first-order chi connectivity index (χ1) is 9.73. The molecule has 0 aromatic heterocycles. The van der Waals surface area contributed by atoms with Gasteiger partial charge in [-0.2, -0.15) is 0 Å². The van der Waals surface area contributed by atoms with Crippen molar-refractivity contribution in [1.29, 1.82) is 0 Å². The molecule has 2 nitrogen and oxygen atoms in total. The number of nitrogens with one attached hydrogen (secondary N) is 1. The van der Waals surface area contributed by atoms with Crippen LogP contribution in [0, 0.1) is 11.8 Å². The van der Waals surface area contributed by atoms with Crippen LogP contribution in [-0.4, -0.2) is 36.1 Å². The summed E-state index contributed by atoms with van der Waals surface area (Å²) in [5.41, 5.74) is 2.03. The number of hydrogen-bond acceptors (Lipinski definition) is 2. The average Bonchev–Trinajstić information content (AvgIpc) is 3.31. The smallest absolute Gasteiger partial charge is 0.0309 e. The van der Waals surface area contributed by atoms with E-state index in [-0.39, 0.29) is 0 Å². The van der Waals surface area contributed by atoms with Crippen LogP contribution < -0.4 is 5.32 Å². The van der Waals surface area contributed by atoms with E-state index in [1.807, 2.05) is 0 Å². The summed E-state index contributed by atoms with van der Waals surface area (Å²) in [5.74, 6) is 1.79. The maximum Gasteiger partial charge on any atom is 0.0309 e. The lowest BCUT2D eigenvalue weighted by atomic mass is 9.80. The standard InChI is InChI=1S/C17H29ClN2/c1-17(15-8-9-15)13-20(11-5-10-18)16(12-19-17)14-6-3-2-4-7-14/h5,10,14-16,19H,2-4,6-9,11-13H2,1H3/b10-5+. The van der Waals surface area contributed by atoms with E-state index in [2.05, 4.69) is 23.2 Å². The van der Waals surface area contributed by atoms with Gasteiger partial charge in [0.1, 0.15) is 0 Å². The van der Waals surface area contributed by atoms with E-state index in [1.165, 1.54) is 58.0 Å². The second-order valence-electron chi connectivity index (χ2n) is 7.33. The molecule has 0 aromatic rings. The minimum atomic E-state index is 0.339. The fourth-order valence-corrected chi connectivity index (χ4v) is 4.49. The highest BCUT2D eigenvalue weighted by Crippen LogP contribution is 2.42. The summed E-state index contributed by atoms with van der Waals surface area (Å²) >= 11 is 5.78. The van der Waals surface area contributed by atoms with Gasteiger partial charge < -0.3 is 5.32 Å². The van der Waals surface area contributed by atoms with Gasteiger partial charge in [-0.15, -0.1) is 0 Å². The molecule has 114 valence electrons. The SMILES string of the molecule is CC1(C2CC2)CN(C/C=C/Cl)C(C2CCCCC2)CN1. The Morgan fingerprint density at radius 2 is 1.95 bits per heavy atom. The Labute approximate surface area is 128 Å². The van der Waals surface area contributed by atoms with Crippen LogP contribution in [0.15, 0.2) is 11.6 Å². The van der Waals surface area contributed by atoms with Crippen molar-refractivity contribution >= 4 is 11.6 Å². The molecular formula is C17H29ClN2. The Morgan fingerprint density at radius 1 is 1.20 bits per heavy atom. The second-order valence-corrected chi connectivity index (χ2v) is 7.58. The molecule has 1 aliphatic heterocycles. The first-order valence-electron chi connectivity index (χ1n) is 8.47. The van der Waals surface area contributed by atoms with Crippen LogP contribution in [0.2, 0.25) is 0 Å². The Morgan fingerprint density at radius 3 is 2.60 bits per heavy atom. The van der Waals surface area contributed by atoms with Gasteiger partial charge in [-0.3, -0.25) is 4.90 Å². The highest BCUT2D eigenvalue weighted by molar-refractivity contribution is 6.25. The fourth-order valence-electron chi connectivity index (χ4n) is 4.41. The molecule has 0 amide bonds. The molecule has 3 heteroatoms. The molecular weight excluding hydrogens is 268 g/mol. The maximum absolute atomic E-state index is 5.78. The summed E-state index contributed by atoms with van der Waals surface area (Å²) in [6.07, 6.45) is 12.1. The Hall–Kier alpha value is -0.0500. The van der Waals surface area contributed by atoms with Crippen molar-refractivity contribution in [3.63, 3.8) is 0 Å². The summed E-state index contributed by atoms with van der Waals surface area (Å²) in [4.78, 5) is 2.71. The van der Waals surface area contributed by atoms with Gasteiger partial charge in [0.25, 0.3) is 0 Å². The van der Waals surface area contributed by atoms with Crippen LogP contribution in [0.4, 0.5) is 0 Å². The van der Waals surface area contributed by atoms with Gasteiger partial charge in [0.15, 0.2) is 0 Å². The van der Waals surface area contributed by atoms with Crippen LogP contribution in [0.1, 0.15) is 51.9 Å². The molecule has 1 N–H and O–H groups in total. The highest BCUT2D eigenvalue weighted by atomic mass is 35.5. The summed E-state index contributed by atoms with van der Waals surface area (Å²) in [6, 6.07) is 0.718. The molecule has 0 radical (unpaired) electrons. The highest BCUT2D eigenvalue weighted by Gasteiger charge is 2.46. The molecule has 3 fully saturated rings. The largest absolute Gasteiger partial charge is 0.308 e. The molecule has 20 heavy (non-hydrogen) atoms. The third-order valence-electron chi connectivity index (χ3n) is 5.82. The molecule has 3 aliphatic rings. The lowest BCUT2D eigenvalue weighted by Gasteiger charge is -2.49. The van der Waals surface area contributed by atoms with E-state index in [9.17, 15) is 0 Å². The molecule has 0 bridgehead atoms. The van der Waals surface area contributed by atoms with Crippen LogP contribution >= 0.6 is 11.6 Å². The van der Waals surface area contributed by atoms with Gasteiger partial charge in [-0.25, -0.2) is 0 Å². The maximum atomic E-state index is 5.78. The monoisotopic (exact) mass is 296 g/mol. The van der Waals surface area contributed by atoms with E-state index in [0.29, 0.717) is 5.54 Å². The van der Waals surface area contributed by atoms with Gasteiger partial charge in [0.05, 0.1) is 0 Å². The van der Waals surface area contributed by atoms with Crippen molar-refractivity contribution in [2.45, 2.75) is 63.5 Å². The molecule has 3 rings (SSSR count). The molecule has 2 aliphatic carbocycles. The van der Waals surface area contributed by atoms with Crippen LogP contribution in [0.25, 0.3) is 0 Å². The minimum Gasteiger partial charge on any atom is -0.308 e. The number of hydrogen-bond donors (Lipinski definition) is 1. The predicted octanol–water partition coefficient (Wildman–Crippen LogP) is 3.76. The van der Waals surface area contributed by atoms with Crippen molar-refractivity contribution in [3.05, 3.63) is 11.6 Å². The van der Waals surface area contributed by atoms with E-state index in [0.717, 1.165) is 24.4 Å². The first kappa shape index (κ1) is 14.9. The number of rotatable bonds is 4. The number of halogens is 1. The van der Waals surface area contributed by atoms with Gasteiger partial charge in [-0.05, 0) is 44.4 Å². The first-order valence-corrected chi connectivity index (χ1v) is 8.91. The molecule has 1 saturated heterocycles. The summed E-state index contributed by atoms with van der Waals surface area (Å²) < 4.78 is 0. The number of nitrogens with zero attached hydrogens (tertiary/aromatic N) is 1. The van der Waals surface area contributed by atoms with Gasteiger partial charge in [0, 0.05) is 36.8 Å². The van der Waals surface area contributed by atoms with Crippen molar-refractivity contribution < 1.29 is 0 Å². The van der Waals surface area contributed by atoms with Gasteiger partial charge >= 0.3 is 0 Å². The summed E-state index contributed by atoms with van der Waals surface area (Å²) in [6.45, 7) is 5.82. The molecule has 0 aromatic carbocycles.